The first-order chi connectivity index (χ1) is 18.7. The van der Waals surface area contributed by atoms with Crippen LogP contribution in [0.25, 0.3) is 0 Å². The SMILES string of the molecule is C=C(/C=C(/C(=C)NCC12CCC(C(=O)O)(CC1)CC2)N(C)C(C)=NCC)C(=C)NCc1ccc(C(C)(F)P)cc1. The molecule has 1 aromatic carbocycles. The molecule has 6 nitrogen and oxygen atoms in total. The standard InChI is InChI=1S/C32H46FN4O2P/c1-8-34-25(5)37(7)28(24(4)36-21-31-13-16-32(17-14-31,18-15-31)29(38)39)19-22(2)23(3)35-20-26-9-11-27(12-10-26)30(6,33)40/h9-12,19,35-36H,2-4,8,13-18,20-21,40H2,1,5-7H3,(H,38,39)/b28-19-,34-25?. The van der Waals surface area contributed by atoms with Crippen LogP contribution >= 0.6 is 9.24 Å². The van der Waals surface area contributed by atoms with Crippen LogP contribution in [0, 0.1) is 10.8 Å². The minimum atomic E-state index is -1.45. The number of halogens is 1. The summed E-state index contributed by atoms with van der Waals surface area (Å²) >= 11 is 0. The first kappa shape index (κ1) is 31.6. The number of nitrogens with zero attached hydrogens (tertiary/aromatic N) is 2. The summed E-state index contributed by atoms with van der Waals surface area (Å²) in [6, 6.07) is 7.39. The zero-order valence-corrected chi connectivity index (χ0v) is 25.7. The van der Waals surface area contributed by atoms with Crippen LogP contribution < -0.4 is 10.6 Å². The Hall–Kier alpha value is -2.92. The maximum Gasteiger partial charge on any atom is 0.309 e. The van der Waals surface area contributed by atoms with E-state index in [9.17, 15) is 14.3 Å². The summed E-state index contributed by atoms with van der Waals surface area (Å²) in [5.41, 5.74) is 4.20. The third-order valence-corrected chi connectivity index (χ3v) is 9.13. The fraction of sp³-hybridized carbons (Fsp3) is 0.500. The van der Waals surface area contributed by atoms with E-state index in [1.165, 1.54) is 6.92 Å². The molecule has 1 aromatic rings. The van der Waals surface area contributed by atoms with E-state index in [1.54, 1.807) is 12.1 Å². The summed E-state index contributed by atoms with van der Waals surface area (Å²) in [6.45, 7) is 20.2. The zero-order chi connectivity index (χ0) is 29.7. The van der Waals surface area contributed by atoms with Crippen LogP contribution in [0.4, 0.5) is 4.39 Å². The fourth-order valence-electron chi connectivity index (χ4n) is 5.65. The predicted octanol–water partition coefficient (Wildman–Crippen LogP) is 6.65. The summed E-state index contributed by atoms with van der Waals surface area (Å²) < 4.78 is 14.1. The zero-order valence-electron chi connectivity index (χ0n) is 24.6. The van der Waals surface area contributed by atoms with Gasteiger partial charge in [0.1, 0.15) is 5.41 Å². The Morgan fingerprint density at radius 2 is 1.70 bits per heavy atom. The molecule has 2 bridgehead atoms. The monoisotopic (exact) mass is 568 g/mol. The number of carbonyl (C=O) groups is 1. The number of allylic oxidation sites excluding steroid dienone is 1. The maximum absolute atomic E-state index is 14.1. The van der Waals surface area contributed by atoms with Crippen molar-refractivity contribution in [2.75, 3.05) is 20.1 Å². The molecule has 0 heterocycles. The van der Waals surface area contributed by atoms with Gasteiger partial charge in [0.2, 0.25) is 0 Å². The van der Waals surface area contributed by atoms with E-state index in [0.29, 0.717) is 29.9 Å². The molecule has 3 aliphatic rings. The number of hydrogen-bond donors (Lipinski definition) is 3. The number of rotatable bonds is 13. The molecule has 0 aliphatic heterocycles. The van der Waals surface area contributed by atoms with Gasteiger partial charge in [0.05, 0.1) is 22.6 Å². The van der Waals surface area contributed by atoms with Crippen molar-refractivity contribution >= 4 is 21.0 Å². The number of nitrogens with one attached hydrogen (secondary N) is 2. The lowest BCUT2D eigenvalue weighted by Gasteiger charge is -2.51. The summed E-state index contributed by atoms with van der Waals surface area (Å²) in [7, 11) is 4.18. The Kier molecular flexibility index (Phi) is 10.1. The molecule has 4 rings (SSSR count). The highest BCUT2D eigenvalue weighted by Crippen LogP contribution is 2.56. The van der Waals surface area contributed by atoms with Gasteiger partial charge in [-0.3, -0.25) is 9.79 Å². The summed E-state index contributed by atoms with van der Waals surface area (Å²) in [6.07, 6.45) is 6.95. The van der Waals surface area contributed by atoms with E-state index < -0.39 is 16.8 Å². The highest BCUT2D eigenvalue weighted by Gasteiger charge is 2.52. The van der Waals surface area contributed by atoms with Gasteiger partial charge in [0.25, 0.3) is 0 Å². The molecule has 0 aromatic heterocycles. The molecule has 3 fully saturated rings. The number of aliphatic carboxylic acids is 1. The minimum Gasteiger partial charge on any atom is -0.481 e. The highest BCUT2D eigenvalue weighted by molar-refractivity contribution is 7.18. The van der Waals surface area contributed by atoms with Crippen LogP contribution in [0.1, 0.15) is 70.4 Å². The molecule has 3 saturated carbocycles. The summed E-state index contributed by atoms with van der Waals surface area (Å²) in [5.74, 6) is 0.222. The Morgan fingerprint density at radius 1 is 1.12 bits per heavy atom. The number of carboxylic acids is 1. The largest absolute Gasteiger partial charge is 0.481 e. The molecule has 8 heteroatoms. The van der Waals surface area contributed by atoms with Crippen molar-refractivity contribution in [3.05, 3.63) is 83.9 Å². The Labute approximate surface area is 241 Å². The summed E-state index contributed by atoms with van der Waals surface area (Å²) in [5, 5.41) is 15.2. The van der Waals surface area contributed by atoms with Crippen molar-refractivity contribution < 1.29 is 14.3 Å². The first-order valence-corrected chi connectivity index (χ1v) is 14.6. The third-order valence-electron chi connectivity index (χ3n) is 8.80. The smallest absolute Gasteiger partial charge is 0.309 e. The second-order valence-electron chi connectivity index (χ2n) is 11.7. The van der Waals surface area contributed by atoms with Gasteiger partial charge in [0.15, 0.2) is 0 Å². The van der Waals surface area contributed by atoms with Crippen molar-refractivity contribution in [3.63, 3.8) is 0 Å². The van der Waals surface area contributed by atoms with Gasteiger partial charge in [-0.2, -0.15) is 0 Å². The number of likely N-dealkylation sites (N-methyl/N-ethyl adjacent to an activating group) is 1. The van der Waals surface area contributed by atoms with Crippen LogP contribution in [-0.2, 0) is 16.7 Å². The number of hydrogen-bond acceptors (Lipinski definition) is 4. The molecule has 3 N–H and O–H groups in total. The Bertz CT molecular complexity index is 1170. The molecule has 0 spiro atoms. The number of amidine groups is 1. The Balaban J connectivity index is 1.68. The van der Waals surface area contributed by atoms with E-state index in [0.717, 1.165) is 67.9 Å². The second-order valence-corrected chi connectivity index (χ2v) is 12.7. The van der Waals surface area contributed by atoms with Gasteiger partial charge in [-0.25, -0.2) is 4.39 Å². The maximum atomic E-state index is 14.1. The lowest BCUT2D eigenvalue weighted by molar-refractivity contribution is -0.158. The third kappa shape index (κ3) is 7.42. The van der Waals surface area contributed by atoms with E-state index in [4.69, 9.17) is 0 Å². The number of benzene rings is 1. The molecule has 0 radical (unpaired) electrons. The molecular formula is C32H46FN4O2P. The topological polar surface area (TPSA) is 77.0 Å². The number of alkyl halides is 1. The lowest BCUT2D eigenvalue weighted by Crippen LogP contribution is -2.49. The van der Waals surface area contributed by atoms with Crippen molar-refractivity contribution in [2.45, 2.75) is 71.3 Å². The van der Waals surface area contributed by atoms with Gasteiger partial charge >= 0.3 is 5.97 Å². The van der Waals surface area contributed by atoms with Crippen molar-refractivity contribution in [3.8, 4) is 0 Å². The molecular weight excluding hydrogens is 522 g/mol. The molecule has 3 aliphatic carbocycles. The predicted molar refractivity (Wildman–Crippen MR) is 167 cm³/mol. The molecule has 40 heavy (non-hydrogen) atoms. The average Bonchev–Trinajstić information content (AvgIpc) is 2.93. The fourth-order valence-corrected chi connectivity index (χ4v) is 5.84. The molecule has 0 saturated heterocycles. The van der Waals surface area contributed by atoms with Gasteiger partial charge in [-0.1, -0.05) is 53.2 Å². The lowest BCUT2D eigenvalue weighted by atomic mass is 9.53. The van der Waals surface area contributed by atoms with Gasteiger partial charge < -0.3 is 20.6 Å². The van der Waals surface area contributed by atoms with E-state index in [-0.39, 0.29) is 5.41 Å². The van der Waals surface area contributed by atoms with Crippen LogP contribution in [0.3, 0.4) is 0 Å². The number of aliphatic imine (C=N–C) groups is 1. The van der Waals surface area contributed by atoms with E-state index in [1.807, 2.05) is 44.0 Å². The van der Waals surface area contributed by atoms with Crippen LogP contribution in [0.5, 0.6) is 0 Å². The second kappa shape index (κ2) is 12.7. The van der Waals surface area contributed by atoms with E-state index in [2.05, 4.69) is 44.6 Å². The summed E-state index contributed by atoms with van der Waals surface area (Å²) in [4.78, 5) is 18.4. The number of carboxylic acid groups (broad SMARTS) is 1. The minimum absolute atomic E-state index is 0.101. The molecule has 2 atom stereocenters. The van der Waals surface area contributed by atoms with Crippen molar-refractivity contribution in [1.29, 1.82) is 0 Å². The Morgan fingerprint density at radius 3 is 2.20 bits per heavy atom. The van der Waals surface area contributed by atoms with Crippen LogP contribution in [-0.4, -0.2) is 41.9 Å². The van der Waals surface area contributed by atoms with Crippen molar-refractivity contribution in [2.24, 2.45) is 15.8 Å². The molecule has 218 valence electrons. The quantitative estimate of drug-likeness (QED) is 0.108. The average molecular weight is 569 g/mol. The van der Waals surface area contributed by atoms with Gasteiger partial charge in [-0.15, -0.1) is 0 Å². The number of fused-ring (bicyclic) bond motifs is 3. The van der Waals surface area contributed by atoms with Gasteiger partial charge in [0, 0.05) is 32.4 Å². The highest BCUT2D eigenvalue weighted by atomic mass is 31.0. The van der Waals surface area contributed by atoms with E-state index >= 15 is 0 Å². The molecule has 0 amide bonds. The molecule has 2 unspecified atom stereocenters. The normalized spacial score (nSPS) is 24.1. The van der Waals surface area contributed by atoms with Crippen molar-refractivity contribution in [1.82, 2.24) is 15.5 Å². The first-order valence-electron chi connectivity index (χ1n) is 14.0. The van der Waals surface area contributed by atoms with Crippen LogP contribution in [0.15, 0.2) is 77.7 Å². The van der Waals surface area contributed by atoms with Gasteiger partial charge in [-0.05, 0) is 87.5 Å². The van der Waals surface area contributed by atoms with Crippen LogP contribution in [0.2, 0.25) is 0 Å².